The van der Waals surface area contributed by atoms with Crippen LogP contribution in [-0.2, 0) is 0 Å². The number of nitrogens with two attached hydrogens (primary N) is 1. The highest BCUT2D eigenvalue weighted by Crippen LogP contribution is 2.17. The average molecular weight is 150 g/mol. The Labute approximate surface area is 68.0 Å². The van der Waals surface area contributed by atoms with E-state index < -0.39 is 0 Å². The molecule has 0 aliphatic carbocycles. The second-order valence-electron chi connectivity index (χ2n) is 2.85. The Bertz CT molecular complexity index is 224. The maximum atomic E-state index is 8.67. The van der Waals surface area contributed by atoms with Gasteiger partial charge in [-0.15, -0.1) is 0 Å². The van der Waals surface area contributed by atoms with E-state index in [1.807, 2.05) is 19.9 Å². The zero-order valence-electron chi connectivity index (χ0n) is 7.31. The number of hydrogen-bond acceptors (Lipinski definition) is 2. The molecule has 0 rings (SSSR count). The van der Waals surface area contributed by atoms with Crippen LogP contribution in [0.1, 0.15) is 20.8 Å². The molecule has 2 N–H and O–H groups in total. The molecule has 60 valence electrons. The molecule has 0 aliphatic rings. The van der Waals surface area contributed by atoms with E-state index in [2.05, 4.69) is 6.58 Å². The molecule has 0 fully saturated rings. The number of hydrogen-bond donors (Lipinski definition) is 1. The first-order valence-electron chi connectivity index (χ1n) is 3.56. The lowest BCUT2D eigenvalue weighted by Crippen LogP contribution is -2.02. The summed E-state index contributed by atoms with van der Waals surface area (Å²) >= 11 is 0. The van der Waals surface area contributed by atoms with Crippen LogP contribution in [0.2, 0.25) is 0 Å². The lowest BCUT2D eigenvalue weighted by molar-refractivity contribution is 0.784. The van der Waals surface area contributed by atoms with Crippen LogP contribution in [0.5, 0.6) is 0 Å². The Morgan fingerprint density at radius 1 is 1.55 bits per heavy atom. The van der Waals surface area contributed by atoms with Gasteiger partial charge in [0.05, 0.1) is 5.57 Å². The van der Waals surface area contributed by atoms with Crippen LogP contribution in [0.15, 0.2) is 23.4 Å². The molecule has 0 aromatic heterocycles. The second kappa shape index (κ2) is 3.82. The van der Waals surface area contributed by atoms with Crippen LogP contribution in [0, 0.1) is 17.2 Å². The van der Waals surface area contributed by atoms with Crippen molar-refractivity contribution >= 4 is 0 Å². The first-order chi connectivity index (χ1) is 5.00. The number of nitriles is 1. The minimum absolute atomic E-state index is 0.281. The molecule has 2 heteroatoms. The summed E-state index contributed by atoms with van der Waals surface area (Å²) in [4.78, 5) is 0. The Balaban J connectivity index is 4.73. The van der Waals surface area contributed by atoms with Gasteiger partial charge in [0, 0.05) is 5.70 Å². The van der Waals surface area contributed by atoms with E-state index in [1.54, 1.807) is 6.92 Å². The fourth-order valence-electron chi connectivity index (χ4n) is 0.702. The standard InChI is InChI=1S/C9H14N2/c1-6(2)7(3)9(5-10)8(4)11/h6H,3,11H2,1-2,4H3. The van der Waals surface area contributed by atoms with Gasteiger partial charge < -0.3 is 5.73 Å². The Hall–Kier alpha value is -1.23. The molecule has 11 heavy (non-hydrogen) atoms. The van der Waals surface area contributed by atoms with Gasteiger partial charge in [-0.1, -0.05) is 20.4 Å². The monoisotopic (exact) mass is 150 g/mol. The van der Waals surface area contributed by atoms with Crippen LogP contribution >= 0.6 is 0 Å². The topological polar surface area (TPSA) is 49.8 Å². The Kier molecular flexibility index (Phi) is 3.39. The van der Waals surface area contributed by atoms with Crippen molar-refractivity contribution in [2.75, 3.05) is 0 Å². The minimum Gasteiger partial charge on any atom is -0.401 e. The molecule has 0 spiro atoms. The zero-order valence-corrected chi connectivity index (χ0v) is 7.31. The van der Waals surface area contributed by atoms with E-state index in [4.69, 9.17) is 11.0 Å². The lowest BCUT2D eigenvalue weighted by atomic mass is 9.97. The van der Waals surface area contributed by atoms with Crippen LogP contribution in [0.25, 0.3) is 0 Å². The quantitative estimate of drug-likeness (QED) is 0.483. The molecule has 0 atom stereocenters. The van der Waals surface area contributed by atoms with Crippen molar-refractivity contribution in [2.24, 2.45) is 11.7 Å². The first-order valence-corrected chi connectivity index (χ1v) is 3.56. The molecular formula is C9H14N2. The normalized spacial score (nSPS) is 12.3. The summed E-state index contributed by atoms with van der Waals surface area (Å²) in [7, 11) is 0. The predicted molar refractivity (Wildman–Crippen MR) is 46.5 cm³/mol. The molecule has 2 nitrogen and oxygen atoms in total. The highest BCUT2D eigenvalue weighted by atomic mass is 14.6. The predicted octanol–water partition coefficient (Wildman–Crippen LogP) is 1.95. The van der Waals surface area contributed by atoms with Crippen molar-refractivity contribution in [2.45, 2.75) is 20.8 Å². The zero-order chi connectivity index (χ0) is 9.02. The molecule has 0 bridgehead atoms. The summed E-state index contributed by atoms with van der Waals surface area (Å²) in [6.07, 6.45) is 0. The summed E-state index contributed by atoms with van der Waals surface area (Å²) in [5.41, 5.74) is 7.37. The van der Waals surface area contributed by atoms with Gasteiger partial charge in [-0.05, 0) is 18.4 Å². The van der Waals surface area contributed by atoms with E-state index in [0.29, 0.717) is 11.3 Å². The van der Waals surface area contributed by atoms with Crippen molar-refractivity contribution in [1.29, 1.82) is 5.26 Å². The smallest absolute Gasteiger partial charge is 0.101 e. The van der Waals surface area contributed by atoms with Gasteiger partial charge in [0.15, 0.2) is 0 Å². The molecule has 0 saturated heterocycles. The third kappa shape index (κ3) is 2.46. The Morgan fingerprint density at radius 2 is 2.00 bits per heavy atom. The van der Waals surface area contributed by atoms with Gasteiger partial charge in [-0.25, -0.2) is 0 Å². The maximum absolute atomic E-state index is 8.67. The van der Waals surface area contributed by atoms with Gasteiger partial charge in [0.2, 0.25) is 0 Å². The summed E-state index contributed by atoms with van der Waals surface area (Å²) in [5.74, 6) is 0.281. The molecule has 0 amide bonds. The molecule has 0 aromatic rings. The van der Waals surface area contributed by atoms with Crippen molar-refractivity contribution in [3.05, 3.63) is 23.4 Å². The lowest BCUT2D eigenvalue weighted by Gasteiger charge is -2.08. The summed E-state index contributed by atoms with van der Waals surface area (Å²) in [5, 5.41) is 8.67. The van der Waals surface area contributed by atoms with Gasteiger partial charge >= 0.3 is 0 Å². The van der Waals surface area contributed by atoms with Gasteiger partial charge in [-0.3, -0.25) is 0 Å². The third-order valence-electron chi connectivity index (χ3n) is 1.52. The SMILES string of the molecule is C=C(C(C#N)=C(C)N)C(C)C. The second-order valence-corrected chi connectivity index (χ2v) is 2.85. The number of nitrogens with zero attached hydrogens (tertiary/aromatic N) is 1. The number of rotatable bonds is 2. The molecule has 0 saturated carbocycles. The fourth-order valence-corrected chi connectivity index (χ4v) is 0.702. The van der Waals surface area contributed by atoms with E-state index in [9.17, 15) is 0 Å². The van der Waals surface area contributed by atoms with Gasteiger partial charge in [0.25, 0.3) is 0 Å². The van der Waals surface area contributed by atoms with E-state index in [1.165, 1.54) is 0 Å². The molecule has 0 radical (unpaired) electrons. The van der Waals surface area contributed by atoms with Crippen LogP contribution in [-0.4, -0.2) is 0 Å². The van der Waals surface area contributed by atoms with Gasteiger partial charge in [0.1, 0.15) is 6.07 Å². The summed E-state index contributed by atoms with van der Waals surface area (Å²) < 4.78 is 0. The number of allylic oxidation sites excluding steroid dienone is 3. The molecule has 0 unspecified atom stereocenters. The first kappa shape index (κ1) is 9.77. The van der Waals surface area contributed by atoms with Crippen molar-refractivity contribution in [3.63, 3.8) is 0 Å². The van der Waals surface area contributed by atoms with Crippen LogP contribution in [0.3, 0.4) is 0 Å². The third-order valence-corrected chi connectivity index (χ3v) is 1.52. The summed E-state index contributed by atoms with van der Waals surface area (Å²) in [6.45, 7) is 9.48. The van der Waals surface area contributed by atoms with Crippen LogP contribution in [0.4, 0.5) is 0 Å². The largest absolute Gasteiger partial charge is 0.401 e. The maximum Gasteiger partial charge on any atom is 0.101 e. The van der Waals surface area contributed by atoms with Gasteiger partial charge in [-0.2, -0.15) is 5.26 Å². The van der Waals surface area contributed by atoms with E-state index in [-0.39, 0.29) is 5.92 Å². The highest BCUT2D eigenvalue weighted by Gasteiger charge is 2.07. The fraction of sp³-hybridized carbons (Fsp3) is 0.444. The van der Waals surface area contributed by atoms with Crippen LogP contribution < -0.4 is 5.73 Å². The molecule has 0 aliphatic heterocycles. The molecule has 0 heterocycles. The minimum atomic E-state index is 0.281. The Morgan fingerprint density at radius 3 is 2.09 bits per heavy atom. The molecule has 0 aromatic carbocycles. The van der Waals surface area contributed by atoms with Crippen molar-refractivity contribution in [3.8, 4) is 6.07 Å². The van der Waals surface area contributed by atoms with E-state index >= 15 is 0 Å². The van der Waals surface area contributed by atoms with Crippen molar-refractivity contribution in [1.82, 2.24) is 0 Å². The highest BCUT2D eigenvalue weighted by molar-refractivity contribution is 5.43. The van der Waals surface area contributed by atoms with E-state index in [0.717, 1.165) is 5.57 Å². The molecular weight excluding hydrogens is 136 g/mol. The average Bonchev–Trinajstić information content (AvgIpc) is 1.88. The van der Waals surface area contributed by atoms with Crippen molar-refractivity contribution < 1.29 is 0 Å². The summed E-state index contributed by atoms with van der Waals surface area (Å²) in [6, 6.07) is 2.04.